The highest BCUT2D eigenvalue weighted by atomic mass is 32.1. The van der Waals surface area contributed by atoms with E-state index < -0.39 is 0 Å². The Hall–Kier alpha value is -5.56. The van der Waals surface area contributed by atoms with Crippen molar-refractivity contribution in [1.82, 2.24) is 0 Å². The Morgan fingerprint density at radius 3 is 1.45 bits per heavy atom. The highest BCUT2D eigenvalue weighted by Gasteiger charge is 2.16. The van der Waals surface area contributed by atoms with E-state index in [9.17, 15) is 0 Å². The number of benzene rings is 8. The first-order valence-corrected chi connectivity index (χ1v) is 21.0. The lowest BCUT2D eigenvalue weighted by atomic mass is 9.98. The molecule has 5 aromatic heterocycles. The van der Waals surface area contributed by atoms with Crippen molar-refractivity contribution < 1.29 is 4.42 Å². The molecule has 0 atom stereocenters. The summed E-state index contributed by atoms with van der Waals surface area (Å²) < 4.78 is 17.2. The third kappa shape index (κ3) is 4.11. The number of rotatable bonds is 2. The van der Waals surface area contributed by atoms with E-state index in [4.69, 9.17) is 4.42 Å². The van der Waals surface area contributed by atoms with Gasteiger partial charge in [-0.1, -0.05) is 66.7 Å². The van der Waals surface area contributed by atoms with E-state index >= 15 is 0 Å². The van der Waals surface area contributed by atoms with E-state index in [1.54, 1.807) is 0 Å². The summed E-state index contributed by atoms with van der Waals surface area (Å²) in [5.41, 5.74) is 6.69. The molecule has 13 aromatic rings. The van der Waals surface area contributed by atoms with Crippen molar-refractivity contribution in [2.75, 3.05) is 0 Å². The number of hydrogen-bond acceptors (Lipinski definition) is 5. The summed E-state index contributed by atoms with van der Waals surface area (Å²) in [7, 11) is 0. The zero-order valence-electron chi connectivity index (χ0n) is 27.9. The molecule has 0 amide bonds. The van der Waals surface area contributed by atoms with Crippen molar-refractivity contribution in [2.45, 2.75) is 0 Å². The van der Waals surface area contributed by atoms with Gasteiger partial charge in [-0.3, -0.25) is 0 Å². The smallest absolute Gasteiger partial charge is 0.135 e. The van der Waals surface area contributed by atoms with Gasteiger partial charge in [0.25, 0.3) is 0 Å². The average Bonchev–Trinajstić information content (AvgIpc) is 4.01. The molecular weight excluding hydrogens is 721 g/mol. The minimum Gasteiger partial charge on any atom is -0.456 e. The molecular formula is C48H24OS4. The normalized spacial score (nSPS) is 12.5. The summed E-state index contributed by atoms with van der Waals surface area (Å²) in [6.07, 6.45) is 0. The molecule has 0 saturated carbocycles. The quantitative estimate of drug-likeness (QED) is 0.172. The van der Waals surface area contributed by atoms with Crippen LogP contribution >= 0.6 is 45.3 Å². The lowest BCUT2D eigenvalue weighted by molar-refractivity contribution is 0.669. The second-order valence-corrected chi connectivity index (χ2v) is 18.3. The predicted octanol–water partition coefficient (Wildman–Crippen LogP) is 16.4. The molecule has 1 nitrogen and oxygen atoms in total. The van der Waals surface area contributed by atoms with E-state index in [2.05, 4.69) is 146 Å². The number of fused-ring (bicyclic) bond motifs is 16. The standard InChI is InChI=1S/C48H24OS4/c1-3-7-40-29(5-1)36-23-37-35-22-28(11-16-42(35)52-46(37)24-45(36)51-40)26-10-15-39-33(20-26)32-19-25(9-14-38(32)49-39)27-12-17-43-34(21-27)30-13-18-44-47(48(30)53-43)31-6-2-4-8-41(31)50-44/h1-24H. The molecule has 5 heterocycles. The molecule has 0 saturated heterocycles. The van der Waals surface area contributed by atoms with Crippen LogP contribution in [0.1, 0.15) is 0 Å². The maximum absolute atomic E-state index is 6.41. The third-order valence-electron chi connectivity index (χ3n) is 11.1. The van der Waals surface area contributed by atoms with E-state index in [-0.39, 0.29) is 0 Å². The average molecular weight is 745 g/mol. The summed E-state index contributed by atoms with van der Waals surface area (Å²) >= 11 is 7.58. The Balaban J connectivity index is 0.938. The van der Waals surface area contributed by atoms with Gasteiger partial charge < -0.3 is 4.42 Å². The van der Waals surface area contributed by atoms with Crippen LogP contribution in [0.4, 0.5) is 0 Å². The molecule has 0 unspecified atom stereocenters. The zero-order chi connectivity index (χ0) is 34.4. The predicted molar refractivity (Wildman–Crippen MR) is 236 cm³/mol. The molecule has 0 spiro atoms. The van der Waals surface area contributed by atoms with Gasteiger partial charge in [-0.15, -0.1) is 45.3 Å². The molecule has 0 bridgehead atoms. The van der Waals surface area contributed by atoms with E-state index in [1.807, 2.05) is 45.3 Å². The summed E-state index contributed by atoms with van der Waals surface area (Å²) in [5.74, 6) is 0. The first-order chi connectivity index (χ1) is 26.2. The minimum absolute atomic E-state index is 0.918. The molecule has 53 heavy (non-hydrogen) atoms. The van der Waals surface area contributed by atoms with E-state index in [0.29, 0.717) is 0 Å². The monoisotopic (exact) mass is 744 g/mol. The Morgan fingerprint density at radius 1 is 0.283 bits per heavy atom. The van der Waals surface area contributed by atoms with Gasteiger partial charge in [0.05, 0.1) is 0 Å². The highest BCUT2D eigenvalue weighted by molar-refractivity contribution is 7.30. The second kappa shape index (κ2) is 10.5. The van der Waals surface area contributed by atoms with Gasteiger partial charge in [0.1, 0.15) is 11.2 Å². The number of furan rings is 1. The molecule has 0 N–H and O–H groups in total. The van der Waals surface area contributed by atoms with Crippen LogP contribution in [0, 0.1) is 0 Å². The first-order valence-electron chi connectivity index (χ1n) is 17.7. The van der Waals surface area contributed by atoms with Crippen LogP contribution in [0.3, 0.4) is 0 Å². The van der Waals surface area contributed by atoms with Crippen LogP contribution in [0.25, 0.3) is 125 Å². The zero-order valence-corrected chi connectivity index (χ0v) is 31.2. The van der Waals surface area contributed by atoms with E-state index in [1.165, 1.54) is 103 Å². The van der Waals surface area contributed by atoms with Crippen LogP contribution in [0.5, 0.6) is 0 Å². The van der Waals surface area contributed by atoms with Crippen molar-refractivity contribution in [3.05, 3.63) is 146 Å². The van der Waals surface area contributed by atoms with Crippen LogP contribution in [0.2, 0.25) is 0 Å². The van der Waals surface area contributed by atoms with Crippen molar-refractivity contribution in [1.29, 1.82) is 0 Å². The van der Waals surface area contributed by atoms with Gasteiger partial charge in [0.2, 0.25) is 0 Å². The van der Waals surface area contributed by atoms with E-state index in [0.717, 1.165) is 21.9 Å². The maximum atomic E-state index is 6.41. The summed E-state index contributed by atoms with van der Waals surface area (Å²) in [6.45, 7) is 0. The number of thiophene rings is 4. The second-order valence-electron chi connectivity index (χ2n) is 14.0. The molecule has 5 heteroatoms. The Labute approximate surface area is 318 Å². The number of hydrogen-bond donors (Lipinski definition) is 0. The largest absolute Gasteiger partial charge is 0.456 e. The molecule has 13 rings (SSSR count). The van der Waals surface area contributed by atoms with Gasteiger partial charge in [-0.05, 0) is 101 Å². The van der Waals surface area contributed by atoms with Gasteiger partial charge in [0.15, 0.2) is 0 Å². The van der Waals surface area contributed by atoms with Crippen molar-refractivity contribution in [3.8, 4) is 22.3 Å². The Kier molecular flexibility index (Phi) is 5.75. The third-order valence-corrected chi connectivity index (χ3v) is 15.7. The molecule has 0 aliphatic rings. The minimum atomic E-state index is 0.918. The molecule has 0 fully saturated rings. The van der Waals surface area contributed by atoms with Crippen LogP contribution < -0.4 is 0 Å². The molecule has 0 radical (unpaired) electrons. The van der Waals surface area contributed by atoms with Crippen molar-refractivity contribution in [2.24, 2.45) is 0 Å². The fraction of sp³-hybridized carbons (Fsp3) is 0. The Morgan fingerprint density at radius 2 is 0.755 bits per heavy atom. The Bertz CT molecular complexity index is 3620. The topological polar surface area (TPSA) is 13.1 Å². The molecule has 8 aromatic carbocycles. The van der Waals surface area contributed by atoms with Crippen LogP contribution in [-0.4, -0.2) is 0 Å². The van der Waals surface area contributed by atoms with Gasteiger partial charge in [-0.2, -0.15) is 0 Å². The molecule has 246 valence electrons. The fourth-order valence-corrected chi connectivity index (χ4v) is 13.3. The lowest BCUT2D eigenvalue weighted by Gasteiger charge is -2.04. The summed E-state index contributed by atoms with van der Waals surface area (Å²) in [5, 5.41) is 13.1. The van der Waals surface area contributed by atoms with Gasteiger partial charge in [-0.25, -0.2) is 0 Å². The van der Waals surface area contributed by atoms with Crippen molar-refractivity contribution >= 4 is 148 Å². The van der Waals surface area contributed by atoms with Crippen LogP contribution in [-0.2, 0) is 0 Å². The summed E-state index contributed by atoms with van der Waals surface area (Å²) in [6, 6.07) is 54.3. The SMILES string of the molecule is c1ccc2c(c1)sc1cc3sc4ccc(-c5ccc6oc7ccc(-c8ccc9sc%10c(ccc%11sc%12ccccc%12c%11%10)c9c8)cc7c6c5)cc4c3cc12. The maximum Gasteiger partial charge on any atom is 0.135 e. The molecule has 0 aliphatic carbocycles. The summed E-state index contributed by atoms with van der Waals surface area (Å²) in [4.78, 5) is 0. The lowest BCUT2D eigenvalue weighted by Crippen LogP contribution is -1.79. The fourth-order valence-electron chi connectivity index (χ4n) is 8.53. The first kappa shape index (κ1) is 29.0. The highest BCUT2D eigenvalue weighted by Crippen LogP contribution is 2.46. The van der Waals surface area contributed by atoms with Crippen molar-refractivity contribution in [3.63, 3.8) is 0 Å². The van der Waals surface area contributed by atoms with Crippen LogP contribution in [0.15, 0.2) is 150 Å². The molecule has 0 aliphatic heterocycles. The van der Waals surface area contributed by atoms with Gasteiger partial charge in [0, 0.05) is 91.5 Å². The van der Waals surface area contributed by atoms with Gasteiger partial charge >= 0.3 is 0 Å².